The Kier molecular flexibility index (Phi) is 4.19. The molecule has 1 unspecified atom stereocenters. The molecular weight excluding hydrogens is 321 g/mol. The molecule has 1 N–H and O–H groups in total. The lowest BCUT2D eigenvalue weighted by atomic mass is 10.0. The van der Waals surface area contributed by atoms with Gasteiger partial charge in [0.1, 0.15) is 29.2 Å². The van der Waals surface area contributed by atoms with Crippen molar-refractivity contribution >= 4 is 16.7 Å². The van der Waals surface area contributed by atoms with Crippen LogP contribution in [0, 0.1) is 5.82 Å². The number of hydrogen-bond donors (Lipinski definition) is 1. The van der Waals surface area contributed by atoms with Gasteiger partial charge in [-0.05, 0) is 41.8 Å². The number of halogens is 1. The zero-order valence-corrected chi connectivity index (χ0v) is 13.8. The van der Waals surface area contributed by atoms with E-state index in [2.05, 4.69) is 15.3 Å². The van der Waals surface area contributed by atoms with Crippen molar-refractivity contribution in [1.82, 2.24) is 9.97 Å². The molecule has 1 fully saturated rings. The number of nitrogens with one attached hydrogen (secondary N) is 1. The Bertz CT molecular complexity index is 893. The molecular formula is C19H18FN3O2. The van der Waals surface area contributed by atoms with Crippen LogP contribution in [0.3, 0.4) is 0 Å². The number of benzene rings is 2. The van der Waals surface area contributed by atoms with Gasteiger partial charge in [0.05, 0.1) is 19.8 Å². The third-order valence-electron chi connectivity index (χ3n) is 4.37. The normalized spacial score (nSPS) is 17.0. The minimum atomic E-state index is -0.261. The summed E-state index contributed by atoms with van der Waals surface area (Å²) in [6, 6.07) is 10.5. The summed E-state index contributed by atoms with van der Waals surface area (Å²) in [4.78, 5) is 8.77. The fourth-order valence-electron chi connectivity index (χ4n) is 3.06. The molecule has 2 heterocycles. The van der Waals surface area contributed by atoms with Gasteiger partial charge in [0.15, 0.2) is 0 Å². The van der Waals surface area contributed by atoms with E-state index in [0.717, 1.165) is 40.9 Å². The Morgan fingerprint density at radius 2 is 2.00 bits per heavy atom. The average Bonchev–Trinajstić information content (AvgIpc) is 3.15. The molecule has 5 nitrogen and oxygen atoms in total. The monoisotopic (exact) mass is 339 g/mol. The van der Waals surface area contributed by atoms with Crippen LogP contribution in [-0.4, -0.2) is 36.3 Å². The highest BCUT2D eigenvalue weighted by Gasteiger charge is 2.18. The number of rotatable bonds is 4. The summed E-state index contributed by atoms with van der Waals surface area (Å²) < 4.78 is 24.2. The van der Waals surface area contributed by atoms with Crippen LogP contribution < -0.4 is 10.1 Å². The second-order valence-electron chi connectivity index (χ2n) is 6.01. The molecule has 0 saturated carbocycles. The molecule has 1 atom stereocenters. The van der Waals surface area contributed by atoms with Crippen LogP contribution in [0.5, 0.6) is 5.75 Å². The van der Waals surface area contributed by atoms with Crippen molar-refractivity contribution < 1.29 is 13.9 Å². The minimum absolute atomic E-state index is 0.235. The lowest BCUT2D eigenvalue weighted by Gasteiger charge is -2.15. The first-order chi connectivity index (χ1) is 12.2. The van der Waals surface area contributed by atoms with Crippen LogP contribution in [0.25, 0.3) is 22.0 Å². The lowest BCUT2D eigenvalue weighted by Crippen LogP contribution is -2.20. The highest BCUT2D eigenvalue weighted by Crippen LogP contribution is 2.34. The lowest BCUT2D eigenvalue weighted by molar-refractivity contribution is 0.195. The summed E-state index contributed by atoms with van der Waals surface area (Å²) in [6.07, 6.45) is 2.47. The van der Waals surface area contributed by atoms with Crippen LogP contribution in [0.2, 0.25) is 0 Å². The second kappa shape index (κ2) is 6.64. The van der Waals surface area contributed by atoms with Crippen LogP contribution in [-0.2, 0) is 4.74 Å². The van der Waals surface area contributed by atoms with E-state index in [1.165, 1.54) is 18.5 Å². The second-order valence-corrected chi connectivity index (χ2v) is 6.01. The molecule has 4 rings (SSSR count). The van der Waals surface area contributed by atoms with E-state index in [1.807, 2.05) is 12.1 Å². The minimum Gasteiger partial charge on any atom is -0.494 e. The number of fused-ring (bicyclic) bond motifs is 1. The molecule has 1 saturated heterocycles. The molecule has 1 aliphatic rings. The van der Waals surface area contributed by atoms with Crippen molar-refractivity contribution in [3.05, 3.63) is 48.5 Å². The summed E-state index contributed by atoms with van der Waals surface area (Å²) in [6.45, 7) is 1.42. The maximum Gasteiger partial charge on any atom is 0.145 e. The van der Waals surface area contributed by atoms with Crippen LogP contribution in [0.4, 0.5) is 10.2 Å². The topological polar surface area (TPSA) is 56.3 Å². The molecule has 0 amide bonds. The predicted octanol–water partition coefficient (Wildman–Crippen LogP) is 3.65. The zero-order valence-electron chi connectivity index (χ0n) is 13.8. The van der Waals surface area contributed by atoms with Gasteiger partial charge in [0.25, 0.3) is 0 Å². The van der Waals surface area contributed by atoms with Crippen LogP contribution in [0.1, 0.15) is 6.42 Å². The molecule has 128 valence electrons. The Morgan fingerprint density at radius 1 is 1.16 bits per heavy atom. The van der Waals surface area contributed by atoms with Gasteiger partial charge in [-0.2, -0.15) is 0 Å². The van der Waals surface area contributed by atoms with E-state index in [4.69, 9.17) is 9.47 Å². The Labute approximate surface area is 144 Å². The Hall–Kier alpha value is -2.73. The van der Waals surface area contributed by atoms with Gasteiger partial charge in [0, 0.05) is 12.0 Å². The molecule has 1 aromatic heterocycles. The van der Waals surface area contributed by atoms with Gasteiger partial charge in [-0.25, -0.2) is 14.4 Å². The first kappa shape index (κ1) is 15.8. The maximum absolute atomic E-state index is 13.2. The van der Waals surface area contributed by atoms with Crippen molar-refractivity contribution in [2.45, 2.75) is 12.5 Å². The van der Waals surface area contributed by atoms with Gasteiger partial charge in [-0.3, -0.25) is 0 Å². The Morgan fingerprint density at radius 3 is 2.72 bits per heavy atom. The number of nitrogens with zero attached hydrogens (tertiary/aromatic N) is 2. The molecule has 6 heteroatoms. The molecule has 0 radical (unpaired) electrons. The summed E-state index contributed by atoms with van der Waals surface area (Å²) >= 11 is 0. The molecule has 2 aromatic carbocycles. The first-order valence-electron chi connectivity index (χ1n) is 8.17. The molecule has 0 spiro atoms. The number of ether oxygens (including phenoxy) is 2. The molecule has 3 aromatic rings. The van der Waals surface area contributed by atoms with E-state index in [-0.39, 0.29) is 11.9 Å². The largest absolute Gasteiger partial charge is 0.494 e. The van der Waals surface area contributed by atoms with Crippen LogP contribution >= 0.6 is 0 Å². The van der Waals surface area contributed by atoms with Crippen molar-refractivity contribution in [3.8, 4) is 16.9 Å². The molecule has 25 heavy (non-hydrogen) atoms. The van der Waals surface area contributed by atoms with E-state index >= 15 is 0 Å². The van der Waals surface area contributed by atoms with Gasteiger partial charge in [-0.15, -0.1) is 0 Å². The zero-order chi connectivity index (χ0) is 17.2. The summed E-state index contributed by atoms with van der Waals surface area (Å²) in [5.74, 6) is 1.15. The molecule has 1 aliphatic heterocycles. The van der Waals surface area contributed by atoms with E-state index < -0.39 is 0 Å². The highest BCUT2D eigenvalue weighted by molar-refractivity contribution is 5.96. The first-order valence-corrected chi connectivity index (χ1v) is 8.17. The number of methoxy groups -OCH3 is 1. The third kappa shape index (κ3) is 3.13. The average molecular weight is 339 g/mol. The van der Waals surface area contributed by atoms with Gasteiger partial charge >= 0.3 is 0 Å². The van der Waals surface area contributed by atoms with Crippen molar-refractivity contribution in [2.75, 3.05) is 25.6 Å². The summed E-state index contributed by atoms with van der Waals surface area (Å²) in [5.41, 5.74) is 2.57. The van der Waals surface area contributed by atoms with E-state index in [1.54, 1.807) is 19.2 Å². The molecule has 0 aliphatic carbocycles. The Balaban J connectivity index is 1.83. The van der Waals surface area contributed by atoms with Gasteiger partial charge in [0.2, 0.25) is 0 Å². The van der Waals surface area contributed by atoms with Crippen molar-refractivity contribution in [2.24, 2.45) is 0 Å². The summed E-state index contributed by atoms with van der Waals surface area (Å²) in [7, 11) is 1.61. The SMILES string of the molecule is COc1cc(-c2ccc(F)cc2)cc2c(NC3CCOC3)ncnc12. The maximum atomic E-state index is 13.2. The van der Waals surface area contributed by atoms with Crippen molar-refractivity contribution in [3.63, 3.8) is 0 Å². The number of anilines is 1. The van der Waals surface area contributed by atoms with Crippen molar-refractivity contribution in [1.29, 1.82) is 0 Å². The quantitative estimate of drug-likeness (QED) is 0.786. The highest BCUT2D eigenvalue weighted by atomic mass is 19.1. The fourth-order valence-corrected chi connectivity index (χ4v) is 3.06. The molecule has 0 bridgehead atoms. The van der Waals surface area contributed by atoms with E-state index in [0.29, 0.717) is 12.4 Å². The fraction of sp³-hybridized carbons (Fsp3) is 0.263. The third-order valence-corrected chi connectivity index (χ3v) is 4.37. The van der Waals surface area contributed by atoms with Gasteiger partial charge in [-0.1, -0.05) is 12.1 Å². The van der Waals surface area contributed by atoms with Crippen LogP contribution in [0.15, 0.2) is 42.7 Å². The predicted molar refractivity (Wildman–Crippen MR) is 94.3 cm³/mol. The smallest absolute Gasteiger partial charge is 0.145 e. The standard InChI is InChI=1S/C19H18FN3O2/c1-24-17-9-13(12-2-4-14(20)5-3-12)8-16-18(17)21-11-22-19(16)23-15-6-7-25-10-15/h2-5,8-9,11,15H,6-7,10H2,1H3,(H,21,22,23). The number of aromatic nitrogens is 2. The van der Waals surface area contributed by atoms with E-state index in [9.17, 15) is 4.39 Å². The van der Waals surface area contributed by atoms with Gasteiger partial charge < -0.3 is 14.8 Å². The summed E-state index contributed by atoms with van der Waals surface area (Å²) in [5, 5.41) is 4.30. The number of hydrogen-bond acceptors (Lipinski definition) is 5.